The smallest absolute Gasteiger partial charge is 0.263 e. The molecule has 0 fully saturated rings. The van der Waals surface area contributed by atoms with E-state index < -0.39 is 0 Å². The molecule has 1 amide bonds. The van der Waals surface area contributed by atoms with Gasteiger partial charge in [0.05, 0.1) is 11.2 Å². The molecule has 0 saturated heterocycles. The zero-order chi connectivity index (χ0) is 11.6. The van der Waals surface area contributed by atoms with E-state index in [1.165, 1.54) is 11.3 Å². The van der Waals surface area contributed by atoms with Crippen molar-refractivity contribution in [3.05, 3.63) is 16.1 Å². The molecule has 1 rings (SSSR count). The number of thiazole rings is 1. The molecule has 0 aliphatic carbocycles. The highest BCUT2D eigenvalue weighted by Crippen LogP contribution is 2.19. The third-order valence-electron chi connectivity index (χ3n) is 2.38. The Morgan fingerprint density at radius 1 is 1.67 bits per heavy atom. The van der Waals surface area contributed by atoms with Crippen LogP contribution in [0.3, 0.4) is 0 Å². The molecule has 0 spiro atoms. The maximum atomic E-state index is 11.9. The number of nitrogens with zero attached hydrogens (tertiary/aromatic N) is 1. The fourth-order valence-electron chi connectivity index (χ4n) is 0.969. The standard InChI is InChI=1S/C10H15BrN2OS/c1-6-8(15-5-12-6)9(14)13-10(3,4)7(2)11/h5,7H,1-4H3,(H,13,14). The summed E-state index contributed by atoms with van der Waals surface area (Å²) in [4.78, 5) is 16.8. The van der Waals surface area contributed by atoms with Crippen LogP contribution in [0, 0.1) is 6.92 Å². The van der Waals surface area contributed by atoms with Crippen molar-refractivity contribution in [1.82, 2.24) is 10.3 Å². The van der Waals surface area contributed by atoms with Crippen LogP contribution in [-0.2, 0) is 0 Å². The summed E-state index contributed by atoms with van der Waals surface area (Å²) in [6, 6.07) is 0. The largest absolute Gasteiger partial charge is 0.345 e. The molecule has 84 valence electrons. The maximum absolute atomic E-state index is 11.9. The highest BCUT2D eigenvalue weighted by molar-refractivity contribution is 9.09. The van der Waals surface area contributed by atoms with Crippen LogP contribution < -0.4 is 5.32 Å². The summed E-state index contributed by atoms with van der Waals surface area (Å²) < 4.78 is 0. The second-order valence-electron chi connectivity index (χ2n) is 4.06. The zero-order valence-corrected chi connectivity index (χ0v) is 11.7. The Balaban J connectivity index is 2.77. The van der Waals surface area contributed by atoms with Gasteiger partial charge in [0.25, 0.3) is 5.91 Å². The molecule has 1 N–H and O–H groups in total. The molecule has 0 radical (unpaired) electrons. The van der Waals surface area contributed by atoms with Gasteiger partial charge in [0.1, 0.15) is 4.88 Å². The van der Waals surface area contributed by atoms with Crippen molar-refractivity contribution in [2.45, 2.75) is 38.1 Å². The van der Waals surface area contributed by atoms with E-state index in [9.17, 15) is 4.79 Å². The van der Waals surface area contributed by atoms with Crippen LogP contribution in [0.15, 0.2) is 5.51 Å². The van der Waals surface area contributed by atoms with Crippen molar-refractivity contribution in [1.29, 1.82) is 0 Å². The minimum Gasteiger partial charge on any atom is -0.345 e. The van der Waals surface area contributed by atoms with Gasteiger partial charge in [-0.2, -0.15) is 0 Å². The van der Waals surface area contributed by atoms with E-state index in [1.54, 1.807) is 5.51 Å². The van der Waals surface area contributed by atoms with Gasteiger partial charge < -0.3 is 5.32 Å². The quantitative estimate of drug-likeness (QED) is 0.870. The normalized spacial score (nSPS) is 13.7. The number of hydrogen-bond donors (Lipinski definition) is 1. The minimum absolute atomic E-state index is 0.0497. The first-order valence-corrected chi connectivity index (χ1v) is 6.51. The number of amides is 1. The van der Waals surface area contributed by atoms with E-state index in [4.69, 9.17) is 0 Å². The van der Waals surface area contributed by atoms with Gasteiger partial charge in [-0.1, -0.05) is 22.9 Å². The minimum atomic E-state index is -0.270. The van der Waals surface area contributed by atoms with Crippen LogP contribution in [0.1, 0.15) is 36.1 Å². The molecule has 1 unspecified atom stereocenters. The van der Waals surface area contributed by atoms with Gasteiger partial charge in [-0.15, -0.1) is 11.3 Å². The number of alkyl halides is 1. The number of hydrogen-bond acceptors (Lipinski definition) is 3. The second-order valence-corrected chi connectivity index (χ2v) is 6.29. The molecule has 0 aliphatic heterocycles. The fourth-order valence-corrected chi connectivity index (χ4v) is 1.78. The van der Waals surface area contributed by atoms with Gasteiger partial charge in [0, 0.05) is 10.4 Å². The van der Waals surface area contributed by atoms with Crippen molar-refractivity contribution < 1.29 is 4.79 Å². The van der Waals surface area contributed by atoms with Crippen molar-refractivity contribution in [2.75, 3.05) is 0 Å². The second kappa shape index (κ2) is 4.61. The van der Waals surface area contributed by atoms with E-state index in [1.807, 2.05) is 27.7 Å². The first kappa shape index (κ1) is 12.6. The highest BCUT2D eigenvalue weighted by Gasteiger charge is 2.27. The van der Waals surface area contributed by atoms with Gasteiger partial charge in [-0.3, -0.25) is 4.79 Å². The number of carbonyl (C=O) groups is 1. The van der Waals surface area contributed by atoms with Crippen LogP contribution in [0.25, 0.3) is 0 Å². The summed E-state index contributed by atoms with van der Waals surface area (Å²) in [5.41, 5.74) is 2.21. The lowest BCUT2D eigenvalue weighted by Crippen LogP contribution is -2.48. The molecule has 3 nitrogen and oxygen atoms in total. The van der Waals surface area contributed by atoms with Crippen molar-refractivity contribution in [3.63, 3.8) is 0 Å². The van der Waals surface area contributed by atoms with Crippen molar-refractivity contribution in [2.24, 2.45) is 0 Å². The highest BCUT2D eigenvalue weighted by atomic mass is 79.9. The number of nitrogens with one attached hydrogen (secondary N) is 1. The monoisotopic (exact) mass is 290 g/mol. The van der Waals surface area contributed by atoms with Gasteiger partial charge in [-0.05, 0) is 20.8 Å². The Morgan fingerprint density at radius 2 is 2.27 bits per heavy atom. The number of aromatic nitrogens is 1. The zero-order valence-electron chi connectivity index (χ0n) is 9.30. The Labute approximate surface area is 102 Å². The Hall–Kier alpha value is -0.420. The van der Waals surface area contributed by atoms with Crippen LogP contribution in [0.4, 0.5) is 0 Å². The summed E-state index contributed by atoms with van der Waals surface area (Å²) in [5, 5.41) is 2.98. The average Bonchev–Trinajstić information content (AvgIpc) is 2.50. The van der Waals surface area contributed by atoms with Crippen LogP contribution in [-0.4, -0.2) is 21.3 Å². The lowest BCUT2D eigenvalue weighted by Gasteiger charge is -2.29. The van der Waals surface area contributed by atoms with Gasteiger partial charge in [-0.25, -0.2) is 4.98 Å². The lowest BCUT2D eigenvalue weighted by molar-refractivity contribution is 0.0917. The van der Waals surface area contributed by atoms with E-state index in [0.717, 1.165) is 5.69 Å². The van der Waals surface area contributed by atoms with Crippen LogP contribution in [0.2, 0.25) is 0 Å². The maximum Gasteiger partial charge on any atom is 0.263 e. The molecule has 1 aromatic rings. The van der Waals surface area contributed by atoms with E-state index in [-0.39, 0.29) is 16.3 Å². The molecule has 1 aromatic heterocycles. The number of carbonyl (C=O) groups excluding carboxylic acids is 1. The molecular formula is C10H15BrN2OS. The summed E-state index contributed by atoms with van der Waals surface area (Å²) >= 11 is 4.85. The average molecular weight is 291 g/mol. The predicted molar refractivity (Wildman–Crippen MR) is 66.8 cm³/mol. The van der Waals surface area contributed by atoms with Gasteiger partial charge >= 0.3 is 0 Å². The number of rotatable bonds is 3. The molecule has 15 heavy (non-hydrogen) atoms. The van der Waals surface area contributed by atoms with E-state index in [0.29, 0.717) is 4.88 Å². The predicted octanol–water partition coefficient (Wildman–Crippen LogP) is 2.74. The molecule has 0 bridgehead atoms. The summed E-state index contributed by atoms with van der Waals surface area (Å²) in [6.07, 6.45) is 0. The Morgan fingerprint density at radius 3 is 2.67 bits per heavy atom. The van der Waals surface area contributed by atoms with Gasteiger partial charge in [0.15, 0.2) is 0 Å². The van der Waals surface area contributed by atoms with Crippen LogP contribution in [0.5, 0.6) is 0 Å². The summed E-state index contributed by atoms with van der Waals surface area (Å²) in [5.74, 6) is -0.0497. The molecule has 0 saturated carbocycles. The first-order valence-electron chi connectivity index (χ1n) is 4.71. The van der Waals surface area contributed by atoms with Crippen LogP contribution >= 0.6 is 27.3 Å². The molecule has 5 heteroatoms. The Kier molecular flexibility index (Phi) is 3.89. The molecular weight excluding hydrogens is 276 g/mol. The lowest BCUT2D eigenvalue weighted by atomic mass is 10.0. The van der Waals surface area contributed by atoms with Gasteiger partial charge in [0.2, 0.25) is 0 Å². The molecule has 0 aromatic carbocycles. The molecule has 0 aliphatic rings. The third-order valence-corrected chi connectivity index (χ3v) is 4.45. The topological polar surface area (TPSA) is 42.0 Å². The third kappa shape index (κ3) is 3.01. The van der Waals surface area contributed by atoms with E-state index in [2.05, 4.69) is 26.2 Å². The molecule has 1 heterocycles. The Bertz CT molecular complexity index is 360. The summed E-state index contributed by atoms with van der Waals surface area (Å²) in [7, 11) is 0. The van der Waals surface area contributed by atoms with Crippen molar-refractivity contribution in [3.8, 4) is 0 Å². The number of aryl methyl sites for hydroxylation is 1. The fraction of sp³-hybridized carbons (Fsp3) is 0.600. The number of halogens is 1. The van der Waals surface area contributed by atoms with Crippen molar-refractivity contribution >= 4 is 33.2 Å². The van der Waals surface area contributed by atoms with E-state index >= 15 is 0 Å². The molecule has 1 atom stereocenters. The summed E-state index contributed by atoms with van der Waals surface area (Å²) in [6.45, 7) is 7.83. The first-order chi connectivity index (χ1) is 6.84. The SMILES string of the molecule is Cc1ncsc1C(=O)NC(C)(C)C(C)Br.